The fraction of sp³-hybridized carbons (Fsp3) is 0.0909. The second-order valence-corrected chi connectivity index (χ2v) is 6.10. The van der Waals surface area contributed by atoms with Gasteiger partial charge in [0, 0.05) is 0 Å². The molecule has 0 N–H and O–H groups in total. The molecular weight excluding hydrogens is 160 g/mol. The van der Waals surface area contributed by atoms with Crippen molar-refractivity contribution in [3.8, 4) is 0 Å². The summed E-state index contributed by atoms with van der Waals surface area (Å²) >= 11 is 0. The molecule has 0 aliphatic carbocycles. The predicted molar refractivity (Wildman–Crippen MR) is 56.1 cm³/mol. The van der Waals surface area contributed by atoms with Crippen molar-refractivity contribution in [2.45, 2.75) is 6.92 Å². The number of rotatable bonds is 1. The maximum atomic E-state index is 2.38. The Bertz CT molecular complexity index is 322. The molecule has 2 rings (SSSR count). The van der Waals surface area contributed by atoms with Crippen molar-refractivity contribution in [3.05, 3.63) is 53.4 Å². The largest absolute Gasteiger partial charge is 0.120 e. The number of hydrogen-bond acceptors (Lipinski definition) is 0. The lowest BCUT2D eigenvalue weighted by Crippen LogP contribution is -2.27. The Morgan fingerprint density at radius 1 is 1.08 bits per heavy atom. The van der Waals surface area contributed by atoms with E-state index >= 15 is 0 Å². The van der Waals surface area contributed by atoms with E-state index < -0.39 is 8.80 Å². The Morgan fingerprint density at radius 2 is 1.83 bits per heavy atom. The fourth-order valence-corrected chi connectivity index (χ4v) is 3.95. The van der Waals surface area contributed by atoms with Crippen molar-refractivity contribution >= 4 is 14.0 Å². The molecule has 0 radical (unpaired) electrons. The molecule has 1 aliphatic heterocycles. The number of benzene rings is 1. The van der Waals surface area contributed by atoms with Gasteiger partial charge in [0.05, 0.1) is 0 Å². The van der Waals surface area contributed by atoms with E-state index in [2.05, 4.69) is 55.1 Å². The molecule has 1 heterocycles. The Morgan fingerprint density at radius 3 is 2.42 bits per heavy atom. The van der Waals surface area contributed by atoms with E-state index in [1.165, 1.54) is 5.19 Å². The molecule has 0 aromatic heterocycles. The van der Waals surface area contributed by atoms with Crippen molar-refractivity contribution in [3.63, 3.8) is 0 Å². The smallest absolute Gasteiger partial charge is 0.0891 e. The Balaban J connectivity index is 2.33. The second-order valence-electron chi connectivity index (χ2n) is 3.18. The summed E-state index contributed by atoms with van der Waals surface area (Å²) in [4.78, 5) is 0. The highest BCUT2D eigenvalue weighted by atomic mass is 28.3. The molecule has 1 unspecified atom stereocenters. The van der Waals surface area contributed by atoms with E-state index in [0.29, 0.717) is 0 Å². The van der Waals surface area contributed by atoms with Gasteiger partial charge in [-0.3, -0.25) is 0 Å². The van der Waals surface area contributed by atoms with Crippen LogP contribution in [0.15, 0.2) is 53.4 Å². The SMILES string of the molecule is CC1=CC=C[SiH]1c1ccccc1. The third-order valence-electron chi connectivity index (χ3n) is 2.31. The fourth-order valence-electron chi connectivity index (χ4n) is 1.61. The van der Waals surface area contributed by atoms with Gasteiger partial charge < -0.3 is 0 Å². The summed E-state index contributed by atoms with van der Waals surface area (Å²) < 4.78 is 0. The maximum absolute atomic E-state index is 2.38. The summed E-state index contributed by atoms with van der Waals surface area (Å²) in [6, 6.07) is 10.8. The minimum atomic E-state index is -0.853. The number of hydrogen-bond donors (Lipinski definition) is 0. The summed E-state index contributed by atoms with van der Waals surface area (Å²) in [5.74, 6) is 0. The van der Waals surface area contributed by atoms with Crippen molar-refractivity contribution in [1.29, 1.82) is 0 Å². The Labute approximate surface area is 74.8 Å². The first-order valence-electron chi connectivity index (χ1n) is 4.28. The highest BCUT2D eigenvalue weighted by Gasteiger charge is 2.13. The predicted octanol–water partition coefficient (Wildman–Crippen LogP) is 1.72. The summed E-state index contributed by atoms with van der Waals surface area (Å²) in [5, 5.41) is 3.10. The molecule has 0 saturated heterocycles. The lowest BCUT2D eigenvalue weighted by molar-refractivity contribution is 1.65. The van der Waals surface area contributed by atoms with Crippen LogP contribution in [0.5, 0.6) is 0 Å². The van der Waals surface area contributed by atoms with Crippen LogP contribution in [0.2, 0.25) is 0 Å². The van der Waals surface area contributed by atoms with E-state index in [0.717, 1.165) is 0 Å². The third-order valence-corrected chi connectivity index (χ3v) is 5.20. The van der Waals surface area contributed by atoms with Crippen LogP contribution in [-0.4, -0.2) is 8.80 Å². The van der Waals surface area contributed by atoms with Crippen LogP contribution < -0.4 is 5.19 Å². The molecular formula is C11H12Si. The maximum Gasteiger partial charge on any atom is 0.120 e. The Kier molecular flexibility index (Phi) is 1.96. The highest BCUT2D eigenvalue weighted by molar-refractivity contribution is 6.84. The first kappa shape index (κ1) is 7.56. The first-order chi connectivity index (χ1) is 5.88. The lowest BCUT2D eigenvalue weighted by Gasteiger charge is -2.07. The molecule has 0 bridgehead atoms. The summed E-state index contributed by atoms with van der Waals surface area (Å²) in [7, 11) is -0.853. The normalized spacial score (nSPS) is 21.1. The molecule has 1 heteroatoms. The lowest BCUT2D eigenvalue weighted by atomic mass is 10.4. The van der Waals surface area contributed by atoms with Crippen LogP contribution in [0.4, 0.5) is 0 Å². The molecule has 1 aromatic carbocycles. The van der Waals surface area contributed by atoms with Crippen LogP contribution in [0.3, 0.4) is 0 Å². The summed E-state index contributed by atoms with van der Waals surface area (Å²) in [6.07, 6.45) is 4.43. The summed E-state index contributed by atoms with van der Waals surface area (Å²) in [5.41, 5.74) is 2.38. The van der Waals surface area contributed by atoms with Crippen molar-refractivity contribution in [1.82, 2.24) is 0 Å². The molecule has 1 aromatic rings. The minimum Gasteiger partial charge on any atom is -0.0891 e. The zero-order valence-corrected chi connectivity index (χ0v) is 8.35. The molecule has 1 atom stereocenters. The standard InChI is InChI=1S/C11H12Si/c1-10-6-5-9-12(10)11-7-3-2-4-8-11/h2-9,12H,1H3. The quantitative estimate of drug-likeness (QED) is 0.566. The first-order valence-corrected chi connectivity index (χ1v) is 6.10. The molecule has 0 nitrogen and oxygen atoms in total. The molecule has 0 amide bonds. The van der Waals surface area contributed by atoms with Gasteiger partial charge >= 0.3 is 0 Å². The van der Waals surface area contributed by atoms with Crippen molar-refractivity contribution in [2.24, 2.45) is 0 Å². The van der Waals surface area contributed by atoms with Gasteiger partial charge in [0.25, 0.3) is 0 Å². The molecule has 60 valence electrons. The van der Waals surface area contributed by atoms with Gasteiger partial charge in [0.2, 0.25) is 0 Å². The van der Waals surface area contributed by atoms with Gasteiger partial charge in [-0.2, -0.15) is 0 Å². The van der Waals surface area contributed by atoms with E-state index in [1.54, 1.807) is 5.20 Å². The molecule has 0 fully saturated rings. The Hall–Kier alpha value is -1.08. The van der Waals surface area contributed by atoms with Gasteiger partial charge in [-0.25, -0.2) is 0 Å². The molecule has 12 heavy (non-hydrogen) atoms. The zero-order valence-electron chi connectivity index (χ0n) is 7.20. The molecule has 0 saturated carbocycles. The average molecular weight is 172 g/mol. The molecule has 1 aliphatic rings. The minimum absolute atomic E-state index is 0.853. The van der Waals surface area contributed by atoms with Gasteiger partial charge in [-0.1, -0.05) is 58.6 Å². The average Bonchev–Trinajstić information content (AvgIpc) is 2.53. The van der Waals surface area contributed by atoms with Crippen LogP contribution in [0.1, 0.15) is 6.92 Å². The van der Waals surface area contributed by atoms with Crippen LogP contribution in [0, 0.1) is 0 Å². The van der Waals surface area contributed by atoms with Crippen molar-refractivity contribution < 1.29 is 0 Å². The van der Waals surface area contributed by atoms with E-state index in [1.807, 2.05) is 0 Å². The van der Waals surface area contributed by atoms with Gasteiger partial charge in [0.1, 0.15) is 8.80 Å². The van der Waals surface area contributed by atoms with Crippen LogP contribution in [-0.2, 0) is 0 Å². The van der Waals surface area contributed by atoms with Gasteiger partial charge in [-0.15, -0.1) is 0 Å². The van der Waals surface area contributed by atoms with E-state index in [4.69, 9.17) is 0 Å². The number of allylic oxidation sites excluding steroid dienone is 3. The van der Waals surface area contributed by atoms with Crippen LogP contribution in [0.25, 0.3) is 0 Å². The van der Waals surface area contributed by atoms with E-state index in [9.17, 15) is 0 Å². The summed E-state index contributed by atoms with van der Waals surface area (Å²) in [6.45, 7) is 2.24. The van der Waals surface area contributed by atoms with Gasteiger partial charge in [0.15, 0.2) is 0 Å². The molecule has 0 spiro atoms. The topological polar surface area (TPSA) is 0 Å². The van der Waals surface area contributed by atoms with Gasteiger partial charge in [-0.05, 0) is 6.92 Å². The second kappa shape index (κ2) is 3.11. The van der Waals surface area contributed by atoms with E-state index in [-0.39, 0.29) is 0 Å². The zero-order chi connectivity index (χ0) is 8.39. The van der Waals surface area contributed by atoms with Crippen LogP contribution >= 0.6 is 0 Å². The third kappa shape index (κ3) is 1.28. The monoisotopic (exact) mass is 172 g/mol. The highest BCUT2D eigenvalue weighted by Crippen LogP contribution is 2.08. The van der Waals surface area contributed by atoms with Crippen molar-refractivity contribution in [2.75, 3.05) is 0 Å².